The van der Waals surface area contributed by atoms with Crippen LogP contribution in [0.25, 0.3) is 0 Å². The molecule has 0 aliphatic heterocycles. The molecule has 3 atom stereocenters. The number of carbonyl (C=O) groups is 2. The third-order valence-corrected chi connectivity index (χ3v) is 15.3. The molecule has 3 unspecified atom stereocenters. The molecule has 0 saturated heterocycles. The van der Waals surface area contributed by atoms with Crippen molar-refractivity contribution in [1.82, 2.24) is 5.32 Å². The van der Waals surface area contributed by atoms with E-state index >= 15 is 0 Å². The van der Waals surface area contributed by atoms with Crippen molar-refractivity contribution < 1.29 is 37.3 Å². The summed E-state index contributed by atoms with van der Waals surface area (Å²) in [5.74, 6) is -0.541. The average molecular weight is 1060 g/mol. The van der Waals surface area contributed by atoms with Gasteiger partial charge in [0.15, 0.2) is 0 Å². The lowest BCUT2D eigenvalue weighted by atomic mass is 10.0. The SMILES string of the molecule is CCCCC/C=C/C=C/CCCCCCCCC(=O)NC(COP(=O)([O-])OCC[N+](C)(C)C)C(/C=C\CCCCCCCCCCCC)OC(=O)CCCCCCCCCCCCCCCCCCCCCCC. The molecule has 0 radical (unpaired) electrons. The first-order valence-electron chi connectivity index (χ1n) is 31.8. The minimum absolute atomic E-state index is 0.0226. The van der Waals surface area contributed by atoms with E-state index < -0.39 is 20.0 Å². The number of amides is 1. The molecule has 74 heavy (non-hydrogen) atoms. The second kappa shape index (κ2) is 54.6. The van der Waals surface area contributed by atoms with E-state index in [0.29, 0.717) is 17.4 Å². The minimum Gasteiger partial charge on any atom is -0.756 e. The van der Waals surface area contributed by atoms with Crippen LogP contribution < -0.4 is 10.2 Å². The number of quaternary nitrogens is 1. The van der Waals surface area contributed by atoms with Gasteiger partial charge < -0.3 is 28.5 Å². The number of rotatable bonds is 58. The number of unbranched alkanes of at least 4 members (excludes halogenated alkanes) is 39. The van der Waals surface area contributed by atoms with Gasteiger partial charge in [-0.15, -0.1) is 0 Å². The molecule has 0 aromatic rings. The first-order chi connectivity index (χ1) is 35.9. The first kappa shape index (κ1) is 72.2. The summed E-state index contributed by atoms with van der Waals surface area (Å²) < 4.78 is 30.3. The van der Waals surface area contributed by atoms with Crippen molar-refractivity contribution in [2.24, 2.45) is 0 Å². The Bertz CT molecular complexity index is 1360. The fraction of sp³-hybridized carbons (Fsp3) is 0.875. The van der Waals surface area contributed by atoms with E-state index in [2.05, 4.69) is 50.4 Å². The van der Waals surface area contributed by atoms with Gasteiger partial charge in [0, 0.05) is 12.8 Å². The Morgan fingerprint density at radius 3 is 1.22 bits per heavy atom. The summed E-state index contributed by atoms with van der Waals surface area (Å²) in [6, 6.07) is -0.890. The molecule has 0 rings (SSSR count). The molecule has 0 aromatic carbocycles. The van der Waals surface area contributed by atoms with Gasteiger partial charge in [0.25, 0.3) is 7.82 Å². The Hall–Kier alpha value is -1.77. The van der Waals surface area contributed by atoms with Crippen LogP contribution >= 0.6 is 7.82 Å². The number of phosphoric acid groups is 1. The van der Waals surface area contributed by atoms with Crippen LogP contribution in [0.2, 0.25) is 0 Å². The van der Waals surface area contributed by atoms with Crippen molar-refractivity contribution in [2.75, 3.05) is 40.9 Å². The maximum absolute atomic E-state index is 13.5. The molecule has 0 spiro atoms. The third-order valence-electron chi connectivity index (χ3n) is 14.4. The number of nitrogens with zero attached hydrogens (tertiary/aromatic N) is 1. The summed E-state index contributed by atoms with van der Waals surface area (Å²) >= 11 is 0. The molecular formula is C64H123N2O7P. The van der Waals surface area contributed by atoms with Crippen LogP contribution in [0.4, 0.5) is 0 Å². The van der Waals surface area contributed by atoms with E-state index in [4.69, 9.17) is 13.8 Å². The van der Waals surface area contributed by atoms with Crippen LogP contribution in [0, 0.1) is 0 Å². The summed E-state index contributed by atoms with van der Waals surface area (Å²) in [7, 11) is 1.19. The third kappa shape index (κ3) is 55.0. The topological polar surface area (TPSA) is 114 Å². The maximum Gasteiger partial charge on any atom is 0.306 e. The molecule has 1 amide bonds. The molecule has 0 aliphatic rings. The van der Waals surface area contributed by atoms with Crippen molar-refractivity contribution >= 4 is 19.7 Å². The number of likely N-dealkylation sites (N-methyl/N-ethyl adjacent to an activating group) is 1. The highest BCUT2D eigenvalue weighted by molar-refractivity contribution is 7.45. The van der Waals surface area contributed by atoms with Gasteiger partial charge in [-0.1, -0.05) is 276 Å². The molecule has 0 saturated carbocycles. The monoisotopic (exact) mass is 1060 g/mol. The summed E-state index contributed by atoms with van der Waals surface area (Å²) in [5.41, 5.74) is 0. The zero-order chi connectivity index (χ0) is 54.3. The normalized spacial score (nSPS) is 13.9. The molecule has 0 heterocycles. The van der Waals surface area contributed by atoms with Crippen LogP contribution in [0.3, 0.4) is 0 Å². The Labute approximate surface area is 459 Å². The number of nitrogens with one attached hydrogen (secondary N) is 1. The predicted octanol–water partition coefficient (Wildman–Crippen LogP) is 18.9. The molecule has 436 valence electrons. The number of ether oxygens (including phenoxy) is 1. The van der Waals surface area contributed by atoms with Crippen molar-refractivity contribution in [3.8, 4) is 0 Å². The smallest absolute Gasteiger partial charge is 0.306 e. The van der Waals surface area contributed by atoms with Crippen LogP contribution in [0.1, 0.15) is 310 Å². The van der Waals surface area contributed by atoms with Gasteiger partial charge in [0.05, 0.1) is 33.8 Å². The van der Waals surface area contributed by atoms with E-state index in [1.165, 1.54) is 193 Å². The lowest BCUT2D eigenvalue weighted by molar-refractivity contribution is -0.870. The maximum atomic E-state index is 13.5. The standard InChI is InChI=1S/C64H123N2O7P/c1-7-10-13-16-19-22-25-28-30-31-32-33-34-35-37-39-42-45-48-51-54-57-64(68)73-62(55-52-49-46-43-40-27-24-21-18-15-12-9-3)61(60-72-74(69,70)71-59-58-66(4,5)6)65-63(67)56-53-50-47-44-41-38-36-29-26-23-20-17-14-11-8-2/h20,23,26,29,52,55,61-62H,7-19,21-22,24-25,27-28,30-51,53-54,56-60H2,1-6H3,(H-,65,67,69,70)/b23-20+,29-26+,55-52-. The van der Waals surface area contributed by atoms with Gasteiger partial charge >= 0.3 is 5.97 Å². The number of phosphoric ester groups is 1. The zero-order valence-electron chi connectivity index (χ0n) is 49.8. The van der Waals surface area contributed by atoms with Crippen molar-refractivity contribution in [2.45, 2.75) is 322 Å². The molecule has 9 nitrogen and oxygen atoms in total. The van der Waals surface area contributed by atoms with Crippen molar-refractivity contribution in [3.05, 3.63) is 36.5 Å². The fourth-order valence-corrected chi connectivity index (χ4v) is 10.1. The average Bonchev–Trinajstić information content (AvgIpc) is 3.36. The second-order valence-electron chi connectivity index (χ2n) is 23.0. The molecule has 10 heteroatoms. The molecule has 0 fully saturated rings. The van der Waals surface area contributed by atoms with Crippen molar-refractivity contribution in [3.63, 3.8) is 0 Å². The summed E-state index contributed by atoms with van der Waals surface area (Å²) in [6.07, 6.45) is 65.4. The fourth-order valence-electron chi connectivity index (χ4n) is 9.40. The van der Waals surface area contributed by atoms with Gasteiger partial charge in [-0.05, 0) is 57.4 Å². The van der Waals surface area contributed by atoms with E-state index in [-0.39, 0.29) is 31.5 Å². The summed E-state index contributed by atoms with van der Waals surface area (Å²) in [6.45, 7) is 6.84. The lowest BCUT2D eigenvalue weighted by Gasteiger charge is -2.30. The molecular weight excluding hydrogens is 940 g/mol. The first-order valence-corrected chi connectivity index (χ1v) is 33.3. The quantitative estimate of drug-likeness (QED) is 0.0161. The van der Waals surface area contributed by atoms with Gasteiger partial charge in [0.1, 0.15) is 19.3 Å². The Morgan fingerprint density at radius 2 is 0.811 bits per heavy atom. The van der Waals surface area contributed by atoms with E-state index in [0.717, 1.165) is 83.5 Å². The number of hydrogen-bond acceptors (Lipinski definition) is 7. The second-order valence-corrected chi connectivity index (χ2v) is 24.4. The number of esters is 1. The Kier molecular flexibility index (Phi) is 53.3. The van der Waals surface area contributed by atoms with Crippen LogP contribution in [0.5, 0.6) is 0 Å². The van der Waals surface area contributed by atoms with E-state index in [1.807, 2.05) is 33.3 Å². The van der Waals surface area contributed by atoms with Gasteiger partial charge in [-0.2, -0.15) is 0 Å². The number of carbonyl (C=O) groups excluding carboxylic acids is 2. The highest BCUT2D eigenvalue weighted by Gasteiger charge is 2.27. The summed E-state index contributed by atoms with van der Waals surface area (Å²) in [5, 5.41) is 3.03. The van der Waals surface area contributed by atoms with E-state index in [1.54, 1.807) is 0 Å². The van der Waals surface area contributed by atoms with E-state index in [9.17, 15) is 19.0 Å². The summed E-state index contributed by atoms with van der Waals surface area (Å²) in [4.78, 5) is 40.0. The van der Waals surface area contributed by atoms with Gasteiger partial charge in [0.2, 0.25) is 5.91 Å². The highest BCUT2D eigenvalue weighted by Crippen LogP contribution is 2.38. The molecule has 0 aliphatic carbocycles. The Balaban J connectivity index is 5.18. The highest BCUT2D eigenvalue weighted by atomic mass is 31.2. The van der Waals surface area contributed by atoms with Crippen LogP contribution in [0.15, 0.2) is 36.5 Å². The van der Waals surface area contributed by atoms with Gasteiger partial charge in [-0.25, -0.2) is 0 Å². The van der Waals surface area contributed by atoms with Crippen LogP contribution in [-0.2, 0) is 27.9 Å². The minimum atomic E-state index is -4.70. The predicted molar refractivity (Wildman–Crippen MR) is 316 cm³/mol. The van der Waals surface area contributed by atoms with Crippen molar-refractivity contribution in [1.29, 1.82) is 0 Å². The largest absolute Gasteiger partial charge is 0.756 e. The van der Waals surface area contributed by atoms with Gasteiger partial charge in [-0.3, -0.25) is 14.2 Å². The van der Waals surface area contributed by atoms with Crippen LogP contribution in [-0.4, -0.2) is 69.4 Å². The zero-order valence-corrected chi connectivity index (χ0v) is 50.7. The number of hydrogen-bond donors (Lipinski definition) is 1. The molecule has 1 N–H and O–H groups in total. The number of allylic oxidation sites excluding steroid dienone is 5. The lowest BCUT2D eigenvalue weighted by Crippen LogP contribution is -2.47. The Morgan fingerprint density at radius 1 is 0.473 bits per heavy atom. The molecule has 0 bridgehead atoms. The molecule has 0 aromatic heterocycles.